The van der Waals surface area contributed by atoms with E-state index in [0.717, 1.165) is 34.9 Å². The molecule has 0 bridgehead atoms. The van der Waals surface area contributed by atoms with Crippen molar-refractivity contribution < 1.29 is 0 Å². The number of hydrogen-bond donors (Lipinski definition) is 2. The molecule has 0 unspecified atom stereocenters. The quantitative estimate of drug-likeness (QED) is 0.630. The van der Waals surface area contributed by atoms with Crippen LogP contribution in [-0.2, 0) is 6.42 Å². The summed E-state index contributed by atoms with van der Waals surface area (Å²) in [5.41, 5.74) is 4.56. The molecule has 0 saturated heterocycles. The number of aromatic nitrogens is 2. The summed E-state index contributed by atoms with van der Waals surface area (Å²) in [5, 5.41) is 4.29. The van der Waals surface area contributed by atoms with Crippen molar-refractivity contribution in [1.82, 2.24) is 15.3 Å². The minimum atomic E-state index is 0.498. The van der Waals surface area contributed by atoms with Crippen LogP contribution in [-0.4, -0.2) is 27.7 Å². The molecule has 0 radical (unpaired) electrons. The number of benzene rings is 2. The van der Waals surface area contributed by atoms with Gasteiger partial charge in [-0.2, -0.15) is 0 Å². The normalized spacial score (nSPS) is 14.6. The molecule has 5 heteroatoms. The number of rotatable bonds is 5. The van der Waals surface area contributed by atoms with Gasteiger partial charge in [0.2, 0.25) is 0 Å². The largest absolute Gasteiger partial charge is 0.362 e. The number of aromatic amines is 1. The molecular formula is C22H26N4S. The summed E-state index contributed by atoms with van der Waals surface area (Å²) in [7, 11) is 0. The molecule has 1 heterocycles. The Morgan fingerprint density at radius 3 is 2.78 bits per heavy atom. The number of aryl methyl sites for hydroxylation is 1. The molecule has 4 rings (SSSR count). The van der Waals surface area contributed by atoms with Crippen LogP contribution in [0.1, 0.15) is 37.1 Å². The molecule has 2 N–H and O–H groups in total. The summed E-state index contributed by atoms with van der Waals surface area (Å²) in [5.74, 6) is 0.995. The molecule has 27 heavy (non-hydrogen) atoms. The first-order chi connectivity index (χ1) is 13.2. The minimum Gasteiger partial charge on any atom is -0.362 e. The number of nitrogens with one attached hydrogen (secondary N) is 2. The molecule has 3 aromatic rings. The summed E-state index contributed by atoms with van der Waals surface area (Å²) in [6.07, 6.45) is 5.81. The smallest absolute Gasteiger partial charge is 0.173 e. The van der Waals surface area contributed by atoms with Crippen molar-refractivity contribution in [3.63, 3.8) is 0 Å². The number of fused-ring (bicyclic) bond motifs is 1. The first-order valence-corrected chi connectivity index (χ1v) is 10.2. The average molecular weight is 379 g/mol. The zero-order chi connectivity index (χ0) is 18.6. The molecule has 2 aromatic carbocycles. The Morgan fingerprint density at radius 2 is 2.00 bits per heavy atom. The van der Waals surface area contributed by atoms with E-state index in [-0.39, 0.29) is 0 Å². The molecule has 0 amide bonds. The molecule has 1 aromatic heterocycles. The fourth-order valence-corrected chi connectivity index (χ4v) is 4.29. The number of imidazole rings is 1. The van der Waals surface area contributed by atoms with E-state index in [1.54, 1.807) is 0 Å². The molecule has 1 saturated carbocycles. The predicted octanol–water partition coefficient (Wildman–Crippen LogP) is 4.74. The van der Waals surface area contributed by atoms with Crippen LogP contribution in [0, 0.1) is 6.92 Å². The van der Waals surface area contributed by atoms with E-state index >= 15 is 0 Å². The van der Waals surface area contributed by atoms with Gasteiger partial charge in [-0.1, -0.05) is 37.1 Å². The maximum Gasteiger partial charge on any atom is 0.173 e. The SMILES string of the molecule is Cc1cccc(N(C(=S)NCCc2nc3ccccc3[nH]2)C2CCCC2)c1. The van der Waals surface area contributed by atoms with Gasteiger partial charge in [0, 0.05) is 24.7 Å². The van der Waals surface area contributed by atoms with Crippen molar-refractivity contribution in [1.29, 1.82) is 0 Å². The monoisotopic (exact) mass is 378 g/mol. The van der Waals surface area contributed by atoms with Crippen LogP contribution >= 0.6 is 12.2 Å². The number of para-hydroxylation sites is 2. The van der Waals surface area contributed by atoms with E-state index in [1.165, 1.54) is 36.9 Å². The lowest BCUT2D eigenvalue weighted by Crippen LogP contribution is -2.46. The second kappa shape index (κ2) is 8.09. The van der Waals surface area contributed by atoms with Crippen LogP contribution in [0.3, 0.4) is 0 Å². The van der Waals surface area contributed by atoms with Gasteiger partial charge in [-0.05, 0) is 61.8 Å². The van der Waals surface area contributed by atoms with Gasteiger partial charge in [0.25, 0.3) is 0 Å². The van der Waals surface area contributed by atoms with E-state index in [2.05, 4.69) is 57.4 Å². The molecule has 0 aliphatic heterocycles. The van der Waals surface area contributed by atoms with Crippen LogP contribution in [0.5, 0.6) is 0 Å². The molecule has 0 spiro atoms. The second-order valence-electron chi connectivity index (χ2n) is 7.33. The summed E-state index contributed by atoms with van der Waals surface area (Å²) >= 11 is 5.80. The third-order valence-electron chi connectivity index (χ3n) is 5.26. The Morgan fingerprint density at radius 1 is 1.19 bits per heavy atom. The van der Waals surface area contributed by atoms with Gasteiger partial charge in [0.15, 0.2) is 5.11 Å². The highest BCUT2D eigenvalue weighted by molar-refractivity contribution is 7.80. The van der Waals surface area contributed by atoms with Crippen molar-refractivity contribution in [2.75, 3.05) is 11.4 Å². The fraction of sp³-hybridized carbons (Fsp3) is 0.364. The Balaban J connectivity index is 1.43. The maximum absolute atomic E-state index is 5.80. The standard InChI is InChI=1S/C22H26N4S/c1-16-7-6-10-18(15-16)26(17-8-2-3-9-17)22(27)23-14-13-21-24-19-11-4-5-12-20(19)25-21/h4-7,10-12,15,17H,2-3,8-9,13-14H2,1H3,(H,23,27)(H,24,25). The highest BCUT2D eigenvalue weighted by Crippen LogP contribution is 2.29. The molecule has 1 fully saturated rings. The Kier molecular flexibility index (Phi) is 5.39. The molecular weight excluding hydrogens is 352 g/mol. The van der Waals surface area contributed by atoms with Gasteiger partial charge in [0.05, 0.1) is 11.0 Å². The van der Waals surface area contributed by atoms with Crippen molar-refractivity contribution in [2.24, 2.45) is 0 Å². The van der Waals surface area contributed by atoms with Gasteiger partial charge in [-0.25, -0.2) is 4.98 Å². The van der Waals surface area contributed by atoms with Crippen molar-refractivity contribution in [3.05, 3.63) is 59.9 Å². The maximum atomic E-state index is 5.80. The van der Waals surface area contributed by atoms with E-state index in [0.29, 0.717) is 6.04 Å². The molecule has 0 atom stereocenters. The topological polar surface area (TPSA) is 44.0 Å². The van der Waals surface area contributed by atoms with Gasteiger partial charge >= 0.3 is 0 Å². The van der Waals surface area contributed by atoms with Crippen LogP contribution in [0.2, 0.25) is 0 Å². The Hall–Kier alpha value is -2.40. The highest BCUT2D eigenvalue weighted by Gasteiger charge is 2.26. The van der Waals surface area contributed by atoms with Crippen LogP contribution in [0.25, 0.3) is 11.0 Å². The van der Waals surface area contributed by atoms with E-state index < -0.39 is 0 Å². The molecule has 1 aliphatic rings. The lowest BCUT2D eigenvalue weighted by molar-refractivity contribution is 0.678. The number of hydrogen-bond acceptors (Lipinski definition) is 2. The summed E-state index contributed by atoms with van der Waals surface area (Å²) in [6.45, 7) is 2.90. The number of anilines is 1. The van der Waals surface area contributed by atoms with Crippen LogP contribution < -0.4 is 10.2 Å². The summed E-state index contributed by atoms with van der Waals surface area (Å²) < 4.78 is 0. The minimum absolute atomic E-state index is 0.498. The van der Waals surface area contributed by atoms with Crippen LogP contribution in [0.4, 0.5) is 5.69 Å². The van der Waals surface area contributed by atoms with E-state index in [1.807, 2.05) is 18.2 Å². The zero-order valence-corrected chi connectivity index (χ0v) is 16.6. The van der Waals surface area contributed by atoms with Gasteiger partial charge < -0.3 is 15.2 Å². The molecule has 1 aliphatic carbocycles. The average Bonchev–Trinajstić information content (AvgIpc) is 3.31. The van der Waals surface area contributed by atoms with Gasteiger partial charge in [-0.15, -0.1) is 0 Å². The Bertz CT molecular complexity index is 894. The second-order valence-corrected chi connectivity index (χ2v) is 7.72. The first-order valence-electron chi connectivity index (χ1n) is 9.78. The number of thiocarbonyl (C=S) groups is 1. The Labute approximate surface area is 166 Å². The highest BCUT2D eigenvalue weighted by atomic mass is 32.1. The van der Waals surface area contributed by atoms with Crippen LogP contribution in [0.15, 0.2) is 48.5 Å². The van der Waals surface area contributed by atoms with E-state index in [9.17, 15) is 0 Å². The van der Waals surface area contributed by atoms with Gasteiger partial charge in [-0.3, -0.25) is 0 Å². The third kappa shape index (κ3) is 4.14. The lowest BCUT2D eigenvalue weighted by Gasteiger charge is -2.32. The van der Waals surface area contributed by atoms with Crippen molar-refractivity contribution in [2.45, 2.75) is 45.1 Å². The molecule has 140 valence electrons. The van der Waals surface area contributed by atoms with Crippen molar-refractivity contribution in [3.8, 4) is 0 Å². The third-order valence-corrected chi connectivity index (χ3v) is 5.61. The first kappa shape index (κ1) is 18.0. The number of nitrogens with zero attached hydrogens (tertiary/aromatic N) is 2. The van der Waals surface area contributed by atoms with E-state index in [4.69, 9.17) is 12.2 Å². The predicted molar refractivity (Wildman–Crippen MR) is 116 cm³/mol. The fourth-order valence-electron chi connectivity index (χ4n) is 3.93. The van der Waals surface area contributed by atoms with Gasteiger partial charge in [0.1, 0.15) is 5.82 Å². The molecule has 4 nitrogen and oxygen atoms in total. The number of H-pyrrole nitrogens is 1. The van der Waals surface area contributed by atoms with Crippen molar-refractivity contribution >= 4 is 34.1 Å². The zero-order valence-electron chi connectivity index (χ0n) is 15.7. The summed E-state index contributed by atoms with van der Waals surface area (Å²) in [4.78, 5) is 10.4. The summed E-state index contributed by atoms with van der Waals surface area (Å²) in [6, 6.07) is 17.3. The lowest BCUT2D eigenvalue weighted by atomic mass is 10.1.